The smallest absolute Gasteiger partial charge is 0.251 e. The third-order valence-corrected chi connectivity index (χ3v) is 8.52. The van der Waals surface area contributed by atoms with E-state index in [2.05, 4.69) is 34.9 Å². The molecule has 3 aromatic carbocycles. The van der Waals surface area contributed by atoms with E-state index >= 15 is 0 Å². The first-order valence-corrected chi connectivity index (χ1v) is 14.6. The van der Waals surface area contributed by atoms with Gasteiger partial charge in [-0.2, -0.15) is 0 Å². The van der Waals surface area contributed by atoms with Gasteiger partial charge in [-0.15, -0.1) is 0 Å². The van der Waals surface area contributed by atoms with E-state index in [0.29, 0.717) is 31.6 Å². The quantitative estimate of drug-likeness (QED) is 0.495. The summed E-state index contributed by atoms with van der Waals surface area (Å²) in [6, 6.07) is 21.0. The number of nitrogens with one attached hydrogen (secondary N) is 2. The molecule has 0 radical (unpaired) electrons. The summed E-state index contributed by atoms with van der Waals surface area (Å²) in [5, 5.41) is 6.51. The maximum atomic E-state index is 13.0. The standard InChI is InChI=1S/C30H37N3O4S/c1-33(2)38(35,36)28-12-9-23(10-13-28)15-17-32-30(34)26-11-14-29-27(21-26)20-24-7-6-8-25(19-24)22-31-16-4-3-5-18-37-29/h6-14,19,21,31H,3-5,15-18,20,22H2,1-2H3,(H,32,34). The third-order valence-electron chi connectivity index (χ3n) is 6.69. The zero-order valence-electron chi connectivity index (χ0n) is 22.2. The molecule has 8 heteroatoms. The summed E-state index contributed by atoms with van der Waals surface area (Å²) in [6.07, 6.45) is 4.51. The molecule has 202 valence electrons. The molecular formula is C30H37N3O4S. The topological polar surface area (TPSA) is 87.7 Å². The van der Waals surface area contributed by atoms with Gasteiger partial charge in [-0.1, -0.05) is 36.4 Å². The van der Waals surface area contributed by atoms with E-state index < -0.39 is 10.0 Å². The normalized spacial score (nSPS) is 14.7. The van der Waals surface area contributed by atoms with Gasteiger partial charge in [0.05, 0.1) is 11.5 Å². The highest BCUT2D eigenvalue weighted by Gasteiger charge is 2.17. The van der Waals surface area contributed by atoms with Crippen LogP contribution in [0.1, 0.15) is 51.9 Å². The average Bonchev–Trinajstić information content (AvgIpc) is 2.91. The molecule has 0 aromatic heterocycles. The van der Waals surface area contributed by atoms with E-state index in [1.54, 1.807) is 24.3 Å². The molecule has 0 spiro atoms. The largest absolute Gasteiger partial charge is 0.493 e. The van der Waals surface area contributed by atoms with Gasteiger partial charge >= 0.3 is 0 Å². The van der Waals surface area contributed by atoms with Crippen LogP contribution in [0.15, 0.2) is 71.6 Å². The van der Waals surface area contributed by atoms with Crippen molar-refractivity contribution in [2.24, 2.45) is 0 Å². The zero-order valence-corrected chi connectivity index (χ0v) is 23.0. The SMILES string of the molecule is CN(C)S(=O)(=O)c1ccc(CCNC(=O)c2ccc3c(c2)Cc2cccc(c2)CNCCCCCO3)cc1. The fraction of sp³-hybridized carbons (Fsp3) is 0.367. The molecule has 3 aromatic rings. The van der Waals surface area contributed by atoms with E-state index in [1.165, 1.54) is 29.5 Å². The van der Waals surface area contributed by atoms with E-state index in [1.807, 2.05) is 18.2 Å². The Hall–Kier alpha value is -3.20. The maximum Gasteiger partial charge on any atom is 0.251 e. The predicted molar refractivity (Wildman–Crippen MR) is 150 cm³/mol. The fourth-order valence-electron chi connectivity index (χ4n) is 4.47. The van der Waals surface area contributed by atoms with Crippen LogP contribution in [0, 0.1) is 0 Å². The lowest BCUT2D eigenvalue weighted by Gasteiger charge is -2.15. The van der Waals surface area contributed by atoms with Gasteiger partial charge < -0.3 is 15.4 Å². The highest BCUT2D eigenvalue weighted by Crippen LogP contribution is 2.25. The summed E-state index contributed by atoms with van der Waals surface area (Å²) in [5.74, 6) is 0.687. The van der Waals surface area contributed by atoms with Crippen molar-refractivity contribution in [1.82, 2.24) is 14.9 Å². The molecule has 0 saturated heterocycles. The van der Waals surface area contributed by atoms with Gasteiger partial charge in [0.1, 0.15) is 5.75 Å². The highest BCUT2D eigenvalue weighted by molar-refractivity contribution is 7.89. The van der Waals surface area contributed by atoms with Gasteiger partial charge in [-0.05, 0) is 84.8 Å². The molecule has 0 unspecified atom stereocenters. The molecular weight excluding hydrogens is 498 g/mol. The predicted octanol–water partition coefficient (Wildman–Crippen LogP) is 4.15. The van der Waals surface area contributed by atoms with Crippen molar-refractivity contribution in [3.8, 4) is 5.75 Å². The number of benzene rings is 3. The monoisotopic (exact) mass is 535 g/mol. The number of amides is 1. The Morgan fingerprint density at radius 2 is 1.76 bits per heavy atom. The Morgan fingerprint density at radius 1 is 0.974 bits per heavy atom. The second-order valence-corrected chi connectivity index (χ2v) is 12.0. The van der Waals surface area contributed by atoms with E-state index in [-0.39, 0.29) is 10.8 Å². The van der Waals surface area contributed by atoms with Gasteiger partial charge in [0, 0.05) is 39.2 Å². The number of fused-ring (bicyclic) bond motifs is 3. The number of hydrogen-bond acceptors (Lipinski definition) is 5. The molecule has 2 N–H and O–H groups in total. The zero-order chi connectivity index (χ0) is 27.0. The van der Waals surface area contributed by atoms with Crippen LogP contribution in [0.5, 0.6) is 5.75 Å². The number of ether oxygens (including phenoxy) is 1. The van der Waals surface area contributed by atoms with Crippen LogP contribution in [0.2, 0.25) is 0 Å². The molecule has 7 nitrogen and oxygen atoms in total. The maximum absolute atomic E-state index is 13.0. The van der Waals surface area contributed by atoms with Crippen LogP contribution < -0.4 is 15.4 Å². The highest BCUT2D eigenvalue weighted by atomic mass is 32.2. The summed E-state index contributed by atoms with van der Waals surface area (Å²) < 4.78 is 31.8. The summed E-state index contributed by atoms with van der Waals surface area (Å²) in [7, 11) is -0.431. The van der Waals surface area contributed by atoms with E-state index in [0.717, 1.165) is 49.2 Å². The second-order valence-electron chi connectivity index (χ2n) is 9.84. The Balaban J connectivity index is 1.42. The van der Waals surface area contributed by atoms with Crippen LogP contribution in [-0.2, 0) is 29.4 Å². The average molecular weight is 536 g/mol. The lowest BCUT2D eigenvalue weighted by atomic mass is 9.99. The first-order valence-electron chi connectivity index (χ1n) is 13.2. The number of carbonyl (C=O) groups is 1. The van der Waals surface area contributed by atoms with E-state index in [9.17, 15) is 13.2 Å². The molecule has 0 atom stereocenters. The molecule has 1 aliphatic heterocycles. The summed E-state index contributed by atoms with van der Waals surface area (Å²) >= 11 is 0. The number of hydrogen-bond donors (Lipinski definition) is 2. The minimum Gasteiger partial charge on any atom is -0.493 e. The Morgan fingerprint density at radius 3 is 2.55 bits per heavy atom. The third kappa shape index (κ3) is 7.43. The fourth-order valence-corrected chi connectivity index (χ4v) is 5.38. The van der Waals surface area contributed by atoms with Gasteiger partial charge in [0.25, 0.3) is 5.91 Å². The molecule has 0 fully saturated rings. The van der Waals surface area contributed by atoms with Crippen LogP contribution in [0.25, 0.3) is 0 Å². The number of sulfonamides is 1. The Kier molecular flexibility index (Phi) is 9.55. The van der Waals surface area contributed by atoms with Crippen LogP contribution in [0.4, 0.5) is 0 Å². The van der Waals surface area contributed by atoms with Crippen molar-refractivity contribution in [2.75, 3.05) is 33.8 Å². The minimum atomic E-state index is -3.45. The molecule has 1 aliphatic rings. The van der Waals surface area contributed by atoms with Crippen molar-refractivity contribution >= 4 is 15.9 Å². The van der Waals surface area contributed by atoms with Crippen molar-refractivity contribution in [3.63, 3.8) is 0 Å². The molecule has 0 aliphatic carbocycles. The molecule has 1 heterocycles. The molecule has 1 amide bonds. The molecule has 4 rings (SSSR count). The van der Waals surface area contributed by atoms with Crippen molar-refractivity contribution in [1.29, 1.82) is 0 Å². The molecule has 38 heavy (non-hydrogen) atoms. The van der Waals surface area contributed by atoms with E-state index in [4.69, 9.17) is 4.74 Å². The number of carbonyl (C=O) groups excluding carboxylic acids is 1. The summed E-state index contributed by atoms with van der Waals surface area (Å²) in [6.45, 7) is 2.96. The number of rotatable bonds is 6. The van der Waals surface area contributed by atoms with Gasteiger partial charge in [0.2, 0.25) is 10.0 Å². The lowest BCUT2D eigenvalue weighted by molar-refractivity contribution is 0.0954. The number of nitrogens with zero attached hydrogens (tertiary/aromatic N) is 1. The second kappa shape index (κ2) is 13.0. The van der Waals surface area contributed by atoms with Crippen LogP contribution in [0.3, 0.4) is 0 Å². The summed E-state index contributed by atoms with van der Waals surface area (Å²) in [5.41, 5.74) is 4.98. The Labute approximate surface area is 226 Å². The van der Waals surface area contributed by atoms with Gasteiger partial charge in [-0.3, -0.25) is 4.79 Å². The lowest BCUT2D eigenvalue weighted by Crippen LogP contribution is -2.26. The molecule has 0 saturated carbocycles. The van der Waals surface area contributed by atoms with Crippen molar-refractivity contribution in [3.05, 3.63) is 94.5 Å². The van der Waals surface area contributed by atoms with Crippen LogP contribution >= 0.6 is 0 Å². The van der Waals surface area contributed by atoms with Gasteiger partial charge in [-0.25, -0.2) is 12.7 Å². The molecule has 2 bridgehead atoms. The minimum absolute atomic E-state index is 0.142. The van der Waals surface area contributed by atoms with Gasteiger partial charge in [0.15, 0.2) is 0 Å². The summed E-state index contributed by atoms with van der Waals surface area (Å²) in [4.78, 5) is 13.2. The van der Waals surface area contributed by atoms with Crippen LogP contribution in [-0.4, -0.2) is 52.4 Å². The first-order chi connectivity index (χ1) is 18.3. The van der Waals surface area contributed by atoms with Crippen molar-refractivity contribution in [2.45, 2.75) is 43.5 Å². The Bertz CT molecular complexity index is 1340. The first kappa shape index (κ1) is 27.8. The van der Waals surface area contributed by atoms with Crippen molar-refractivity contribution < 1.29 is 17.9 Å².